The Bertz CT molecular complexity index is 795. The zero-order valence-electron chi connectivity index (χ0n) is 12.5. The second-order valence-corrected chi connectivity index (χ2v) is 5.76. The van der Waals surface area contributed by atoms with Crippen molar-refractivity contribution in [2.75, 3.05) is 10.6 Å². The molecule has 2 aromatic rings. The molecule has 1 aliphatic carbocycles. The highest BCUT2D eigenvalue weighted by molar-refractivity contribution is 6.40. The van der Waals surface area contributed by atoms with E-state index in [2.05, 4.69) is 20.9 Å². The quantitative estimate of drug-likeness (QED) is 0.742. The van der Waals surface area contributed by atoms with Gasteiger partial charge in [-0.2, -0.15) is 0 Å². The highest BCUT2D eigenvalue weighted by atomic mass is 35.5. The van der Waals surface area contributed by atoms with E-state index in [9.17, 15) is 14.0 Å². The summed E-state index contributed by atoms with van der Waals surface area (Å²) in [5.74, 6) is -1.76. The predicted octanol–water partition coefficient (Wildman–Crippen LogP) is 2.83. The van der Waals surface area contributed by atoms with Crippen molar-refractivity contribution in [1.82, 2.24) is 10.3 Å². The van der Waals surface area contributed by atoms with Crippen molar-refractivity contribution in [3.05, 3.63) is 47.4 Å². The molecule has 1 aromatic heterocycles. The van der Waals surface area contributed by atoms with Gasteiger partial charge in [0, 0.05) is 17.9 Å². The van der Waals surface area contributed by atoms with Gasteiger partial charge in [0.15, 0.2) is 5.82 Å². The van der Waals surface area contributed by atoms with Crippen molar-refractivity contribution in [3.63, 3.8) is 0 Å². The summed E-state index contributed by atoms with van der Waals surface area (Å²) in [4.78, 5) is 27.7. The molecule has 1 aliphatic rings. The van der Waals surface area contributed by atoms with E-state index in [0.29, 0.717) is 11.4 Å². The maximum atomic E-state index is 13.5. The standard InChI is InChI=1S/C16H14ClFN4O2/c17-11-6-5-10(8-12(11)18)20-14-13(2-1-7-19-14)22-16(24)15(23)21-9-3-4-9/h1-2,5-9H,3-4H2,(H,19,20)(H,21,23)(H,22,24). The third-order valence-corrected chi connectivity index (χ3v) is 3.66. The number of carbonyl (C=O) groups excluding carboxylic acids is 2. The monoisotopic (exact) mass is 348 g/mol. The molecule has 3 N–H and O–H groups in total. The number of benzene rings is 1. The molecule has 1 saturated carbocycles. The highest BCUT2D eigenvalue weighted by Crippen LogP contribution is 2.25. The van der Waals surface area contributed by atoms with Crippen molar-refractivity contribution in [1.29, 1.82) is 0 Å². The highest BCUT2D eigenvalue weighted by Gasteiger charge is 2.26. The van der Waals surface area contributed by atoms with E-state index in [4.69, 9.17) is 11.6 Å². The smallest absolute Gasteiger partial charge is 0.313 e. The number of halogens is 2. The van der Waals surface area contributed by atoms with Crippen molar-refractivity contribution in [2.24, 2.45) is 0 Å². The summed E-state index contributed by atoms with van der Waals surface area (Å²) >= 11 is 5.65. The Kier molecular flexibility index (Phi) is 4.61. The third-order valence-electron chi connectivity index (χ3n) is 3.36. The molecule has 24 heavy (non-hydrogen) atoms. The summed E-state index contributed by atoms with van der Waals surface area (Å²) in [6, 6.07) is 7.48. The van der Waals surface area contributed by atoms with Crippen LogP contribution in [0.25, 0.3) is 0 Å². The Balaban J connectivity index is 1.73. The maximum Gasteiger partial charge on any atom is 0.313 e. The van der Waals surface area contributed by atoms with Crippen molar-refractivity contribution >= 4 is 40.6 Å². The van der Waals surface area contributed by atoms with Gasteiger partial charge in [0.1, 0.15) is 5.82 Å². The number of pyridine rings is 1. The number of carbonyl (C=O) groups is 2. The van der Waals surface area contributed by atoms with Crippen LogP contribution in [-0.2, 0) is 9.59 Å². The SMILES string of the molecule is O=C(Nc1cccnc1Nc1ccc(Cl)c(F)c1)C(=O)NC1CC1. The Morgan fingerprint density at radius 1 is 1.21 bits per heavy atom. The normalized spacial score (nSPS) is 13.2. The first kappa shape index (κ1) is 16.2. The molecule has 2 amide bonds. The Labute approximate surface area is 142 Å². The molecule has 0 saturated heterocycles. The molecule has 0 aliphatic heterocycles. The summed E-state index contributed by atoms with van der Waals surface area (Å²) in [6.45, 7) is 0. The average Bonchev–Trinajstić information content (AvgIpc) is 3.36. The van der Waals surface area contributed by atoms with Crippen molar-refractivity contribution < 1.29 is 14.0 Å². The van der Waals surface area contributed by atoms with E-state index in [1.807, 2.05) is 0 Å². The van der Waals surface area contributed by atoms with E-state index in [-0.39, 0.29) is 16.9 Å². The van der Waals surface area contributed by atoms with Crippen LogP contribution < -0.4 is 16.0 Å². The molecule has 8 heteroatoms. The van der Waals surface area contributed by atoms with Crippen LogP contribution in [-0.4, -0.2) is 22.8 Å². The number of hydrogen-bond acceptors (Lipinski definition) is 4. The van der Waals surface area contributed by atoms with Gasteiger partial charge in [-0.3, -0.25) is 9.59 Å². The van der Waals surface area contributed by atoms with Gasteiger partial charge in [-0.05, 0) is 43.2 Å². The second kappa shape index (κ2) is 6.84. The van der Waals surface area contributed by atoms with Crippen LogP contribution in [0, 0.1) is 5.82 Å². The van der Waals surface area contributed by atoms with Crippen LogP contribution in [0.15, 0.2) is 36.5 Å². The fourth-order valence-electron chi connectivity index (χ4n) is 1.97. The maximum absolute atomic E-state index is 13.5. The molecule has 0 bridgehead atoms. The van der Waals surface area contributed by atoms with Gasteiger partial charge in [-0.15, -0.1) is 0 Å². The van der Waals surface area contributed by atoms with Crippen LogP contribution in [0.2, 0.25) is 5.02 Å². The molecule has 0 radical (unpaired) electrons. The Morgan fingerprint density at radius 2 is 2.00 bits per heavy atom. The Morgan fingerprint density at radius 3 is 2.71 bits per heavy atom. The zero-order valence-corrected chi connectivity index (χ0v) is 13.2. The van der Waals surface area contributed by atoms with Crippen LogP contribution >= 0.6 is 11.6 Å². The lowest BCUT2D eigenvalue weighted by Crippen LogP contribution is -2.36. The van der Waals surface area contributed by atoms with Gasteiger partial charge in [-0.25, -0.2) is 9.37 Å². The fourth-order valence-corrected chi connectivity index (χ4v) is 2.09. The van der Waals surface area contributed by atoms with Crippen LogP contribution in [0.5, 0.6) is 0 Å². The average molecular weight is 349 g/mol. The third kappa shape index (κ3) is 3.99. The molecule has 6 nitrogen and oxygen atoms in total. The van der Waals surface area contributed by atoms with E-state index in [1.165, 1.54) is 18.3 Å². The summed E-state index contributed by atoms with van der Waals surface area (Å²) in [7, 11) is 0. The summed E-state index contributed by atoms with van der Waals surface area (Å²) in [6.07, 6.45) is 3.29. The number of nitrogens with one attached hydrogen (secondary N) is 3. The van der Waals surface area contributed by atoms with Gasteiger partial charge >= 0.3 is 11.8 Å². The molecule has 1 heterocycles. The fraction of sp³-hybridized carbons (Fsp3) is 0.188. The summed E-state index contributed by atoms with van der Waals surface area (Å²) in [5, 5.41) is 7.98. The minimum absolute atomic E-state index is 0.00634. The van der Waals surface area contributed by atoms with Gasteiger partial charge < -0.3 is 16.0 Å². The van der Waals surface area contributed by atoms with E-state index >= 15 is 0 Å². The minimum Gasteiger partial charge on any atom is -0.345 e. The molecule has 0 unspecified atom stereocenters. The first-order valence-electron chi connectivity index (χ1n) is 7.32. The van der Waals surface area contributed by atoms with Gasteiger partial charge in [-0.1, -0.05) is 11.6 Å². The number of hydrogen-bond donors (Lipinski definition) is 3. The molecular weight excluding hydrogens is 335 g/mol. The largest absolute Gasteiger partial charge is 0.345 e. The number of aromatic nitrogens is 1. The number of amides is 2. The number of anilines is 3. The first-order chi connectivity index (χ1) is 11.5. The lowest BCUT2D eigenvalue weighted by molar-refractivity contribution is -0.136. The van der Waals surface area contributed by atoms with E-state index < -0.39 is 17.6 Å². The lowest BCUT2D eigenvalue weighted by Gasteiger charge is -2.12. The lowest BCUT2D eigenvalue weighted by atomic mass is 10.3. The van der Waals surface area contributed by atoms with Crippen molar-refractivity contribution in [3.8, 4) is 0 Å². The van der Waals surface area contributed by atoms with E-state index in [1.54, 1.807) is 18.2 Å². The Hall–Kier alpha value is -2.67. The molecule has 3 rings (SSSR count). The van der Waals surface area contributed by atoms with Crippen LogP contribution in [0.1, 0.15) is 12.8 Å². The minimum atomic E-state index is -0.778. The van der Waals surface area contributed by atoms with E-state index in [0.717, 1.165) is 12.8 Å². The van der Waals surface area contributed by atoms with Gasteiger partial charge in [0.2, 0.25) is 0 Å². The second-order valence-electron chi connectivity index (χ2n) is 5.36. The van der Waals surface area contributed by atoms with Crippen LogP contribution in [0.4, 0.5) is 21.6 Å². The number of rotatable bonds is 4. The molecule has 0 atom stereocenters. The molecular formula is C16H14ClFN4O2. The van der Waals surface area contributed by atoms with Gasteiger partial charge in [0.05, 0.1) is 10.7 Å². The first-order valence-corrected chi connectivity index (χ1v) is 7.69. The van der Waals surface area contributed by atoms with Gasteiger partial charge in [0.25, 0.3) is 0 Å². The summed E-state index contributed by atoms with van der Waals surface area (Å²) < 4.78 is 13.5. The van der Waals surface area contributed by atoms with Crippen molar-refractivity contribution in [2.45, 2.75) is 18.9 Å². The zero-order chi connectivity index (χ0) is 17.1. The summed E-state index contributed by atoms with van der Waals surface area (Å²) in [5.41, 5.74) is 0.720. The number of nitrogens with zero attached hydrogens (tertiary/aromatic N) is 1. The predicted molar refractivity (Wildman–Crippen MR) is 88.7 cm³/mol. The molecule has 1 aromatic carbocycles. The molecule has 0 spiro atoms. The molecule has 124 valence electrons. The topological polar surface area (TPSA) is 83.1 Å². The molecule has 1 fully saturated rings. The van der Waals surface area contributed by atoms with Crippen LogP contribution in [0.3, 0.4) is 0 Å².